The van der Waals surface area contributed by atoms with Crippen molar-refractivity contribution in [2.45, 2.75) is 107 Å². The number of hydrogen-bond acceptors (Lipinski definition) is 7. The number of aromatic nitrogens is 1. The second kappa shape index (κ2) is 14.1. The number of aliphatic carboxylic acids is 1. The smallest absolute Gasteiger partial charge is 0.329 e. The first-order valence-corrected chi connectivity index (χ1v) is 19.7. The van der Waals surface area contributed by atoms with Gasteiger partial charge in [-0.15, -0.1) is 0 Å². The average molecular weight is 714 g/mol. The number of pyridine rings is 1. The molecule has 51 heavy (non-hydrogen) atoms. The number of benzene rings is 2. The van der Waals surface area contributed by atoms with Gasteiger partial charge in [-0.05, 0) is 154 Å². The van der Waals surface area contributed by atoms with Crippen molar-refractivity contribution in [3.8, 4) is 17.2 Å². The van der Waals surface area contributed by atoms with E-state index in [4.69, 9.17) is 25.8 Å². The molecule has 2 aliphatic heterocycles. The van der Waals surface area contributed by atoms with Gasteiger partial charge < -0.3 is 24.6 Å². The number of hydrogen-bond donors (Lipinski definition) is 2. The Bertz CT molecular complexity index is 1750. The SMILES string of the molecule is C[C@@H](COc1ccnc2c1[C@H](C)CCC2)CC1Cc2cc3c(cc2C12CCC(Nc1cccc(Cl)c1)(C(=O)O)CC2)OC(CN1CCCC1)CO3. The first-order valence-electron chi connectivity index (χ1n) is 19.3. The predicted molar refractivity (Wildman–Crippen MR) is 200 cm³/mol. The molecule has 0 amide bonds. The molecule has 0 bridgehead atoms. The van der Waals surface area contributed by atoms with Crippen molar-refractivity contribution in [2.24, 2.45) is 11.8 Å². The van der Waals surface area contributed by atoms with Gasteiger partial charge in [-0.1, -0.05) is 31.5 Å². The highest BCUT2D eigenvalue weighted by Crippen LogP contribution is 2.58. The van der Waals surface area contributed by atoms with Crippen LogP contribution in [0.3, 0.4) is 0 Å². The van der Waals surface area contributed by atoms with Crippen molar-refractivity contribution in [1.82, 2.24) is 9.88 Å². The van der Waals surface area contributed by atoms with E-state index in [1.54, 1.807) is 0 Å². The van der Waals surface area contributed by atoms with Crippen molar-refractivity contribution >= 4 is 23.3 Å². The maximum absolute atomic E-state index is 13.0. The van der Waals surface area contributed by atoms with Crippen LogP contribution in [0.25, 0.3) is 0 Å². The van der Waals surface area contributed by atoms with Crippen LogP contribution in [-0.4, -0.2) is 65.5 Å². The van der Waals surface area contributed by atoms with Crippen molar-refractivity contribution in [1.29, 1.82) is 0 Å². The first-order chi connectivity index (χ1) is 24.7. The average Bonchev–Trinajstić information content (AvgIpc) is 3.73. The predicted octanol–water partition coefficient (Wildman–Crippen LogP) is 8.44. The van der Waals surface area contributed by atoms with Gasteiger partial charge in [0.1, 0.15) is 24.0 Å². The Morgan fingerprint density at radius 3 is 2.73 bits per heavy atom. The fourth-order valence-corrected chi connectivity index (χ4v) is 10.2. The van der Waals surface area contributed by atoms with E-state index in [2.05, 4.69) is 41.2 Å². The molecule has 2 aromatic carbocycles. The van der Waals surface area contributed by atoms with Crippen LogP contribution in [0.5, 0.6) is 17.2 Å². The molecule has 1 saturated carbocycles. The van der Waals surface area contributed by atoms with Crippen molar-refractivity contribution < 1.29 is 24.1 Å². The second-order valence-electron chi connectivity index (χ2n) is 16.2. The van der Waals surface area contributed by atoms with E-state index in [9.17, 15) is 9.90 Å². The highest BCUT2D eigenvalue weighted by molar-refractivity contribution is 6.30. The van der Waals surface area contributed by atoms with Gasteiger partial charge in [-0.2, -0.15) is 0 Å². The van der Waals surface area contributed by atoms with Gasteiger partial charge >= 0.3 is 5.97 Å². The fraction of sp³-hybridized carbons (Fsp3) is 0.571. The summed E-state index contributed by atoms with van der Waals surface area (Å²) in [5.41, 5.74) is 4.63. The number of nitrogens with one attached hydrogen (secondary N) is 1. The Balaban J connectivity index is 1.05. The number of halogens is 1. The third-order valence-electron chi connectivity index (χ3n) is 12.7. The Kier molecular flexibility index (Phi) is 9.60. The topological polar surface area (TPSA) is 93.2 Å². The number of carboxylic acid groups (broad SMARTS) is 1. The Labute approximate surface area is 307 Å². The van der Waals surface area contributed by atoms with Gasteiger partial charge in [0.15, 0.2) is 11.5 Å². The lowest BCUT2D eigenvalue weighted by molar-refractivity contribution is -0.144. The van der Waals surface area contributed by atoms with Crippen LogP contribution in [0, 0.1) is 11.8 Å². The number of fused-ring (bicyclic) bond motifs is 4. The molecule has 3 heterocycles. The first kappa shape index (κ1) is 34.6. The van der Waals surface area contributed by atoms with Crippen LogP contribution >= 0.6 is 11.6 Å². The van der Waals surface area contributed by atoms with E-state index in [1.807, 2.05) is 36.5 Å². The van der Waals surface area contributed by atoms with Gasteiger partial charge in [-0.25, -0.2) is 4.79 Å². The van der Waals surface area contributed by atoms with Crippen molar-refractivity contribution in [3.05, 3.63) is 76.1 Å². The summed E-state index contributed by atoms with van der Waals surface area (Å²) in [5.74, 6) is 2.98. The van der Waals surface area contributed by atoms with Gasteiger partial charge in [0.25, 0.3) is 0 Å². The molecule has 0 radical (unpaired) electrons. The number of rotatable bonds is 10. The van der Waals surface area contributed by atoms with E-state index in [0.29, 0.717) is 48.8 Å². The van der Waals surface area contributed by atoms with E-state index < -0.39 is 11.5 Å². The molecule has 8 nitrogen and oxygen atoms in total. The molecule has 1 aromatic heterocycles. The van der Waals surface area contributed by atoms with Crippen molar-refractivity contribution in [3.63, 3.8) is 0 Å². The van der Waals surface area contributed by atoms with Crippen LogP contribution in [0.1, 0.15) is 99.9 Å². The summed E-state index contributed by atoms with van der Waals surface area (Å²) in [6.45, 7) is 8.94. The number of ether oxygens (including phenoxy) is 3. The summed E-state index contributed by atoms with van der Waals surface area (Å²) < 4.78 is 19.6. The number of likely N-dealkylation sites (tertiary alicyclic amines) is 1. The number of carboxylic acids is 1. The Hall–Kier alpha value is -3.49. The summed E-state index contributed by atoms with van der Waals surface area (Å²) >= 11 is 6.31. The van der Waals surface area contributed by atoms with Gasteiger partial charge in [-0.3, -0.25) is 9.88 Å². The molecule has 3 aromatic rings. The summed E-state index contributed by atoms with van der Waals surface area (Å²) in [7, 11) is 0. The largest absolute Gasteiger partial charge is 0.493 e. The monoisotopic (exact) mass is 713 g/mol. The van der Waals surface area contributed by atoms with Gasteiger partial charge in [0.2, 0.25) is 0 Å². The summed E-state index contributed by atoms with van der Waals surface area (Å²) in [6.07, 6.45) is 12.3. The lowest BCUT2D eigenvalue weighted by Crippen LogP contribution is -2.53. The molecule has 2 fully saturated rings. The van der Waals surface area contributed by atoms with E-state index >= 15 is 0 Å². The highest BCUT2D eigenvalue weighted by atomic mass is 35.5. The quantitative estimate of drug-likeness (QED) is 0.216. The number of carbonyl (C=O) groups is 1. The lowest BCUT2D eigenvalue weighted by atomic mass is 9.59. The van der Waals surface area contributed by atoms with E-state index in [1.165, 1.54) is 48.1 Å². The molecule has 4 atom stereocenters. The van der Waals surface area contributed by atoms with Gasteiger partial charge in [0, 0.05) is 34.7 Å². The molecule has 3 aliphatic carbocycles. The zero-order chi connectivity index (χ0) is 35.2. The van der Waals surface area contributed by atoms with Crippen LogP contribution < -0.4 is 19.5 Å². The molecule has 9 heteroatoms. The molecule has 8 rings (SSSR count). The Morgan fingerprint density at radius 1 is 1.12 bits per heavy atom. The van der Waals surface area contributed by atoms with Crippen LogP contribution in [0.15, 0.2) is 48.7 Å². The molecule has 1 saturated heterocycles. The second-order valence-corrected chi connectivity index (χ2v) is 16.6. The molecular weight excluding hydrogens is 662 g/mol. The zero-order valence-corrected chi connectivity index (χ0v) is 30.9. The van der Waals surface area contributed by atoms with E-state index in [-0.39, 0.29) is 11.5 Å². The minimum absolute atomic E-state index is 0.00790. The highest BCUT2D eigenvalue weighted by Gasteiger charge is 2.54. The minimum Gasteiger partial charge on any atom is -0.493 e. The molecule has 272 valence electrons. The molecule has 5 aliphatic rings. The van der Waals surface area contributed by atoms with Crippen molar-refractivity contribution in [2.75, 3.05) is 38.2 Å². The fourth-order valence-electron chi connectivity index (χ4n) is 10.1. The number of nitrogens with zero attached hydrogens (tertiary/aromatic N) is 2. The zero-order valence-electron chi connectivity index (χ0n) is 30.1. The van der Waals surface area contributed by atoms with Crippen LogP contribution in [0.4, 0.5) is 5.69 Å². The maximum Gasteiger partial charge on any atom is 0.329 e. The number of aryl methyl sites for hydroxylation is 1. The van der Waals surface area contributed by atoms with Crippen LogP contribution in [-0.2, 0) is 23.1 Å². The van der Waals surface area contributed by atoms with E-state index in [0.717, 1.165) is 74.7 Å². The molecule has 2 N–H and O–H groups in total. The van der Waals surface area contributed by atoms with Crippen LogP contribution in [0.2, 0.25) is 5.02 Å². The third kappa shape index (κ3) is 6.79. The summed E-state index contributed by atoms with van der Waals surface area (Å²) in [6, 6.07) is 13.9. The standard InChI is InChI=1S/C42H52ClN3O5/c1-27(25-49-36-11-16-44-35-10-5-7-28(2)39(35)36)19-30-20-29-21-37-38(51-33(26-50-37)24-46-17-3-4-18-46)23-34(29)41(30)12-14-42(15-13-41,40(47)48)45-32-9-6-8-31(43)22-32/h6,8-9,11,16,21-23,27-28,30,33,45H,3-5,7,10,12-15,17-20,24-26H2,1-2H3,(H,47,48)/t27-,28-,30?,33?,41?,42?/m1/s1. The third-order valence-corrected chi connectivity index (χ3v) is 13.0. The summed E-state index contributed by atoms with van der Waals surface area (Å²) in [5, 5.41) is 14.7. The Morgan fingerprint density at radius 2 is 1.94 bits per heavy atom. The molecule has 1 spiro atoms. The lowest BCUT2D eigenvalue weighted by Gasteiger charge is -2.47. The molecular formula is C42H52ClN3O5. The summed E-state index contributed by atoms with van der Waals surface area (Å²) in [4.78, 5) is 20.2. The maximum atomic E-state index is 13.0. The minimum atomic E-state index is -1.07. The molecule has 2 unspecified atom stereocenters. The van der Waals surface area contributed by atoms with Gasteiger partial charge in [0.05, 0.1) is 6.61 Å². The number of anilines is 1. The normalized spacial score (nSPS) is 29.0.